The maximum atomic E-state index is 12.4. The molecule has 18 heavy (non-hydrogen) atoms. The highest BCUT2D eigenvalue weighted by Crippen LogP contribution is 2.29. The maximum absolute atomic E-state index is 12.4. The van der Waals surface area contributed by atoms with E-state index < -0.39 is 16.6 Å². The van der Waals surface area contributed by atoms with Gasteiger partial charge in [0.1, 0.15) is 5.60 Å². The second-order valence-electron chi connectivity index (χ2n) is 6.61. The predicted molar refractivity (Wildman–Crippen MR) is 74.6 cm³/mol. The molecule has 0 radical (unpaired) electrons. The molecule has 2 atom stereocenters. The zero-order valence-corrected chi connectivity index (χ0v) is 13.1. The highest BCUT2D eigenvalue weighted by atomic mass is 16.5. The monoisotopic (exact) mass is 258 g/mol. The molecular weight excluding hydrogens is 228 g/mol. The van der Waals surface area contributed by atoms with Crippen LogP contribution in [0.25, 0.3) is 0 Å². The Bertz CT molecular complexity index is 276. The van der Waals surface area contributed by atoms with Gasteiger partial charge < -0.3 is 9.84 Å². The van der Waals surface area contributed by atoms with E-state index in [2.05, 4.69) is 0 Å². The van der Waals surface area contributed by atoms with E-state index in [1.165, 1.54) is 0 Å². The van der Waals surface area contributed by atoms with Gasteiger partial charge in [0.05, 0.1) is 12.2 Å². The number of rotatable bonds is 7. The molecule has 0 aromatic rings. The lowest BCUT2D eigenvalue weighted by atomic mass is 9.79. The van der Waals surface area contributed by atoms with Gasteiger partial charge in [0.2, 0.25) is 0 Å². The summed E-state index contributed by atoms with van der Waals surface area (Å²) < 4.78 is 5.80. The van der Waals surface area contributed by atoms with Crippen molar-refractivity contribution >= 4 is 5.78 Å². The van der Waals surface area contributed by atoms with Crippen molar-refractivity contribution in [3.8, 4) is 0 Å². The molecule has 0 heterocycles. The first-order valence-corrected chi connectivity index (χ1v) is 6.90. The van der Waals surface area contributed by atoms with E-state index >= 15 is 0 Å². The first-order valence-electron chi connectivity index (χ1n) is 6.90. The van der Waals surface area contributed by atoms with Crippen molar-refractivity contribution in [2.75, 3.05) is 6.61 Å². The van der Waals surface area contributed by atoms with Crippen molar-refractivity contribution in [2.45, 2.75) is 78.9 Å². The predicted octanol–water partition coefficient (Wildman–Crippen LogP) is 3.34. The maximum Gasteiger partial charge on any atom is 0.169 e. The first kappa shape index (κ1) is 17.6. The number of hydrogen-bond donors (Lipinski definition) is 1. The van der Waals surface area contributed by atoms with E-state index in [4.69, 9.17) is 4.74 Å². The molecule has 0 rings (SSSR count). The van der Waals surface area contributed by atoms with Crippen LogP contribution < -0.4 is 0 Å². The van der Waals surface area contributed by atoms with Crippen LogP contribution in [0.3, 0.4) is 0 Å². The highest BCUT2D eigenvalue weighted by Gasteiger charge is 2.39. The number of hydrogen-bond acceptors (Lipinski definition) is 3. The van der Waals surface area contributed by atoms with Crippen LogP contribution in [0.4, 0.5) is 0 Å². The summed E-state index contributed by atoms with van der Waals surface area (Å²) in [5, 5.41) is 9.93. The molecule has 0 spiro atoms. The van der Waals surface area contributed by atoms with Crippen LogP contribution in [0.1, 0.15) is 67.7 Å². The molecule has 0 aliphatic heterocycles. The largest absolute Gasteiger partial charge is 0.390 e. The Hall–Kier alpha value is -0.410. The second-order valence-corrected chi connectivity index (χ2v) is 6.61. The molecule has 0 aliphatic rings. The first-order chi connectivity index (χ1) is 7.98. The Morgan fingerprint density at radius 2 is 1.56 bits per heavy atom. The molecule has 0 aromatic heterocycles. The molecule has 0 aliphatic carbocycles. The lowest BCUT2D eigenvalue weighted by molar-refractivity contribution is -0.153. The Morgan fingerprint density at radius 3 is 1.89 bits per heavy atom. The Morgan fingerprint density at radius 1 is 1.06 bits per heavy atom. The van der Waals surface area contributed by atoms with E-state index in [0.29, 0.717) is 25.9 Å². The summed E-state index contributed by atoms with van der Waals surface area (Å²) in [4.78, 5) is 12.4. The number of carbonyl (C=O) groups is 1. The van der Waals surface area contributed by atoms with Gasteiger partial charge in [0, 0.05) is 5.41 Å². The summed E-state index contributed by atoms with van der Waals surface area (Å²) in [7, 11) is 0. The van der Waals surface area contributed by atoms with Crippen LogP contribution in [0.2, 0.25) is 0 Å². The summed E-state index contributed by atoms with van der Waals surface area (Å²) in [5.41, 5.74) is -1.86. The van der Waals surface area contributed by atoms with E-state index in [1.807, 2.05) is 41.5 Å². The van der Waals surface area contributed by atoms with Crippen LogP contribution in [0.5, 0.6) is 0 Å². The van der Waals surface area contributed by atoms with E-state index in [-0.39, 0.29) is 5.78 Å². The van der Waals surface area contributed by atoms with Crippen molar-refractivity contribution in [3.63, 3.8) is 0 Å². The normalized spacial score (nSPS) is 19.1. The fourth-order valence-corrected chi connectivity index (χ4v) is 1.79. The summed E-state index contributed by atoms with van der Waals surface area (Å²) in [6.07, 6.45) is 1.89. The average Bonchev–Trinajstić information content (AvgIpc) is 2.26. The van der Waals surface area contributed by atoms with Gasteiger partial charge in [0.15, 0.2) is 5.78 Å². The average molecular weight is 258 g/mol. The lowest BCUT2D eigenvalue weighted by Crippen LogP contribution is -2.45. The molecule has 0 saturated heterocycles. The molecule has 3 nitrogen and oxygen atoms in total. The molecular formula is C15H30O3. The van der Waals surface area contributed by atoms with Gasteiger partial charge in [-0.25, -0.2) is 0 Å². The van der Waals surface area contributed by atoms with E-state index in [9.17, 15) is 9.90 Å². The molecule has 0 bridgehead atoms. The van der Waals surface area contributed by atoms with Gasteiger partial charge in [-0.05, 0) is 33.1 Å². The van der Waals surface area contributed by atoms with Gasteiger partial charge in [-0.15, -0.1) is 0 Å². The number of carbonyl (C=O) groups excluding carboxylic acids is 1. The number of aliphatic hydroxyl groups is 1. The molecule has 0 aromatic carbocycles. The fraction of sp³-hybridized carbons (Fsp3) is 0.933. The van der Waals surface area contributed by atoms with E-state index in [1.54, 1.807) is 6.92 Å². The minimum atomic E-state index is -0.748. The third kappa shape index (κ3) is 5.07. The van der Waals surface area contributed by atoms with Gasteiger partial charge in [-0.3, -0.25) is 4.79 Å². The number of ketones is 1. The van der Waals surface area contributed by atoms with Crippen molar-refractivity contribution in [3.05, 3.63) is 0 Å². The number of ether oxygens (including phenoxy) is 1. The second kappa shape index (κ2) is 6.16. The summed E-state index contributed by atoms with van der Waals surface area (Å²) in [5.74, 6) is 0.119. The van der Waals surface area contributed by atoms with Crippen molar-refractivity contribution in [2.24, 2.45) is 5.41 Å². The van der Waals surface area contributed by atoms with E-state index in [0.717, 1.165) is 0 Å². The quantitative estimate of drug-likeness (QED) is 0.762. The van der Waals surface area contributed by atoms with Crippen LogP contribution in [-0.4, -0.2) is 28.7 Å². The zero-order chi connectivity index (χ0) is 14.6. The van der Waals surface area contributed by atoms with Gasteiger partial charge in [-0.1, -0.05) is 34.6 Å². The van der Waals surface area contributed by atoms with Gasteiger partial charge in [-0.2, -0.15) is 0 Å². The third-order valence-corrected chi connectivity index (χ3v) is 3.66. The Labute approximate surface area is 112 Å². The van der Waals surface area contributed by atoms with Crippen LogP contribution in [0.15, 0.2) is 0 Å². The van der Waals surface area contributed by atoms with Crippen LogP contribution in [-0.2, 0) is 9.53 Å². The van der Waals surface area contributed by atoms with Crippen LogP contribution >= 0.6 is 0 Å². The minimum absolute atomic E-state index is 0.119. The highest BCUT2D eigenvalue weighted by molar-refractivity contribution is 5.91. The molecule has 0 saturated carbocycles. The molecule has 108 valence electrons. The topological polar surface area (TPSA) is 46.5 Å². The third-order valence-electron chi connectivity index (χ3n) is 3.66. The smallest absolute Gasteiger partial charge is 0.169 e. The SMILES string of the molecule is CCC(C)(O)CCOC(C)(CC)C(=O)C(C)(C)C. The zero-order valence-electron chi connectivity index (χ0n) is 13.1. The number of Topliss-reactive ketones (excluding diaryl/α,β-unsaturated/α-hetero) is 1. The minimum Gasteiger partial charge on any atom is -0.390 e. The Kier molecular flexibility index (Phi) is 6.02. The van der Waals surface area contributed by atoms with Crippen LogP contribution in [0, 0.1) is 5.41 Å². The molecule has 0 amide bonds. The Balaban J connectivity index is 4.56. The fourth-order valence-electron chi connectivity index (χ4n) is 1.79. The van der Waals surface area contributed by atoms with Gasteiger partial charge in [0.25, 0.3) is 0 Å². The summed E-state index contributed by atoms with van der Waals surface area (Å²) >= 11 is 0. The molecule has 0 fully saturated rings. The standard InChI is InChI=1S/C15H30O3/c1-8-14(6,17)10-11-18-15(7,9-2)12(16)13(3,4)5/h17H,8-11H2,1-7H3. The van der Waals surface area contributed by atoms with Crippen molar-refractivity contribution < 1.29 is 14.6 Å². The molecule has 2 unspecified atom stereocenters. The molecule has 1 N–H and O–H groups in total. The van der Waals surface area contributed by atoms with Crippen molar-refractivity contribution in [1.82, 2.24) is 0 Å². The summed E-state index contributed by atoms with van der Waals surface area (Å²) in [6, 6.07) is 0. The van der Waals surface area contributed by atoms with Gasteiger partial charge >= 0.3 is 0 Å². The molecule has 3 heteroatoms. The summed E-state index contributed by atoms with van der Waals surface area (Å²) in [6.45, 7) is 13.7. The van der Waals surface area contributed by atoms with Crippen molar-refractivity contribution in [1.29, 1.82) is 0 Å². The lowest BCUT2D eigenvalue weighted by Gasteiger charge is -2.34.